The van der Waals surface area contributed by atoms with Gasteiger partial charge in [0.05, 0.1) is 7.11 Å². The minimum absolute atomic E-state index is 0.0491. The summed E-state index contributed by atoms with van der Waals surface area (Å²) in [5.41, 5.74) is 1.95. The van der Waals surface area contributed by atoms with E-state index >= 15 is 0 Å². The van der Waals surface area contributed by atoms with E-state index in [-0.39, 0.29) is 17.5 Å². The third-order valence-corrected chi connectivity index (χ3v) is 4.74. The van der Waals surface area contributed by atoms with E-state index in [0.717, 1.165) is 22.6 Å². The number of rotatable bonds is 8. The summed E-state index contributed by atoms with van der Waals surface area (Å²) in [7, 11) is 1.40. The summed E-state index contributed by atoms with van der Waals surface area (Å²) in [5.74, 6) is 2.10. The van der Waals surface area contributed by atoms with Crippen molar-refractivity contribution in [3.05, 3.63) is 47.5 Å². The van der Waals surface area contributed by atoms with Crippen molar-refractivity contribution in [3.8, 4) is 23.0 Å². The predicted octanol–water partition coefficient (Wildman–Crippen LogP) is 4.89. The number of halogens is 3. The topological polar surface area (TPSA) is 49.0 Å². The summed E-state index contributed by atoms with van der Waals surface area (Å²) < 4.78 is 58.6. The van der Waals surface area contributed by atoms with Crippen LogP contribution in [-0.4, -0.2) is 33.1 Å². The zero-order chi connectivity index (χ0) is 21.7. The zero-order valence-electron chi connectivity index (χ0n) is 17.2. The lowest BCUT2D eigenvalue weighted by Gasteiger charge is -2.26. The van der Waals surface area contributed by atoms with E-state index in [2.05, 4.69) is 19.2 Å². The molecule has 0 spiro atoms. The first kappa shape index (κ1) is 22.1. The van der Waals surface area contributed by atoms with Gasteiger partial charge >= 0.3 is 6.18 Å². The molecule has 2 aromatic carbocycles. The lowest BCUT2D eigenvalue weighted by atomic mass is 9.95. The quantitative estimate of drug-likeness (QED) is 0.652. The number of nitrogens with one attached hydrogen (secondary N) is 1. The SMILES string of the molecule is COc1cc(CNC(c2ccc3c(c2)OCCO3)C(C)C)ccc1OCC(F)(F)F. The first-order valence-corrected chi connectivity index (χ1v) is 9.76. The molecule has 1 atom stereocenters. The van der Waals surface area contributed by atoms with Gasteiger partial charge in [-0.1, -0.05) is 26.0 Å². The van der Waals surface area contributed by atoms with Crippen LogP contribution in [0.5, 0.6) is 23.0 Å². The average Bonchev–Trinajstić information content (AvgIpc) is 2.71. The van der Waals surface area contributed by atoms with E-state index in [1.165, 1.54) is 13.2 Å². The van der Waals surface area contributed by atoms with Gasteiger partial charge < -0.3 is 24.3 Å². The molecule has 1 aliphatic heterocycles. The van der Waals surface area contributed by atoms with Gasteiger partial charge in [0, 0.05) is 12.6 Å². The number of benzene rings is 2. The molecular formula is C22H26F3NO4. The molecule has 0 saturated heterocycles. The summed E-state index contributed by atoms with van der Waals surface area (Å²) in [6.07, 6.45) is -4.40. The number of fused-ring (bicyclic) bond motifs is 1. The molecule has 0 radical (unpaired) electrons. The number of alkyl halides is 3. The Labute approximate surface area is 174 Å². The Hall–Kier alpha value is -2.61. The summed E-state index contributed by atoms with van der Waals surface area (Å²) in [6, 6.07) is 10.9. The van der Waals surface area contributed by atoms with Crippen molar-refractivity contribution in [1.29, 1.82) is 0 Å². The average molecular weight is 425 g/mol. The van der Waals surface area contributed by atoms with Crippen molar-refractivity contribution in [2.24, 2.45) is 5.92 Å². The lowest BCUT2D eigenvalue weighted by molar-refractivity contribution is -0.153. The van der Waals surface area contributed by atoms with E-state index in [0.29, 0.717) is 25.7 Å². The Morgan fingerprint density at radius 2 is 1.73 bits per heavy atom. The van der Waals surface area contributed by atoms with Crippen molar-refractivity contribution in [2.75, 3.05) is 26.9 Å². The van der Waals surface area contributed by atoms with E-state index in [9.17, 15) is 13.2 Å². The second kappa shape index (κ2) is 9.47. The molecule has 8 heteroatoms. The number of hydrogen-bond donors (Lipinski definition) is 1. The van der Waals surface area contributed by atoms with Crippen molar-refractivity contribution in [3.63, 3.8) is 0 Å². The molecule has 0 saturated carbocycles. The van der Waals surface area contributed by atoms with Crippen LogP contribution in [0.25, 0.3) is 0 Å². The Morgan fingerprint density at radius 1 is 1.00 bits per heavy atom. The Balaban J connectivity index is 1.70. The maximum atomic E-state index is 12.4. The zero-order valence-corrected chi connectivity index (χ0v) is 17.2. The molecule has 3 rings (SSSR count). The van der Waals surface area contributed by atoms with Crippen LogP contribution in [0.3, 0.4) is 0 Å². The van der Waals surface area contributed by atoms with E-state index in [4.69, 9.17) is 18.9 Å². The first-order chi connectivity index (χ1) is 14.3. The Bertz CT molecular complexity index is 855. The molecule has 0 bridgehead atoms. The minimum atomic E-state index is -4.40. The summed E-state index contributed by atoms with van der Waals surface area (Å²) in [4.78, 5) is 0. The Kier molecular flexibility index (Phi) is 6.97. The molecule has 0 aromatic heterocycles. The molecule has 1 heterocycles. The third-order valence-electron chi connectivity index (χ3n) is 4.74. The van der Waals surface area contributed by atoms with Crippen molar-refractivity contribution >= 4 is 0 Å². The number of methoxy groups -OCH3 is 1. The van der Waals surface area contributed by atoms with Gasteiger partial charge in [-0.25, -0.2) is 0 Å². The molecule has 1 aliphatic rings. The standard InChI is InChI=1S/C22H26F3NO4/c1-14(2)21(16-5-7-18-20(11-16)29-9-8-28-18)26-12-15-4-6-17(19(10-15)27-3)30-13-22(23,24)25/h4-7,10-11,14,21,26H,8-9,12-13H2,1-3H3. The van der Waals surface area contributed by atoms with E-state index < -0.39 is 12.8 Å². The molecule has 30 heavy (non-hydrogen) atoms. The van der Waals surface area contributed by atoms with Gasteiger partial charge in [-0.05, 0) is 41.3 Å². The number of ether oxygens (including phenoxy) is 4. The van der Waals surface area contributed by atoms with Gasteiger partial charge in [0.15, 0.2) is 29.6 Å². The van der Waals surface area contributed by atoms with Gasteiger partial charge in [-0.15, -0.1) is 0 Å². The summed E-state index contributed by atoms with van der Waals surface area (Å²) in [5, 5.41) is 3.51. The number of hydrogen-bond acceptors (Lipinski definition) is 5. The molecule has 0 fully saturated rings. The summed E-state index contributed by atoms with van der Waals surface area (Å²) in [6.45, 7) is 4.45. The monoisotopic (exact) mass is 425 g/mol. The second-order valence-electron chi connectivity index (χ2n) is 7.39. The van der Waals surface area contributed by atoms with Gasteiger partial charge in [-0.3, -0.25) is 0 Å². The molecule has 164 valence electrons. The predicted molar refractivity (Wildman–Crippen MR) is 106 cm³/mol. The molecule has 5 nitrogen and oxygen atoms in total. The van der Waals surface area contributed by atoms with Crippen LogP contribution in [0.15, 0.2) is 36.4 Å². The molecule has 0 aliphatic carbocycles. The molecule has 0 amide bonds. The van der Waals surface area contributed by atoms with Crippen molar-refractivity contribution in [2.45, 2.75) is 32.6 Å². The third kappa shape index (κ3) is 5.72. The van der Waals surface area contributed by atoms with Gasteiger partial charge in [0.2, 0.25) is 0 Å². The van der Waals surface area contributed by atoms with E-state index in [1.807, 2.05) is 18.2 Å². The molecule has 1 N–H and O–H groups in total. The normalized spacial score (nSPS) is 14.5. The fraction of sp³-hybridized carbons (Fsp3) is 0.455. The van der Waals surface area contributed by atoms with Gasteiger partial charge in [-0.2, -0.15) is 13.2 Å². The second-order valence-corrected chi connectivity index (χ2v) is 7.39. The van der Waals surface area contributed by atoms with Gasteiger partial charge in [0.1, 0.15) is 13.2 Å². The van der Waals surface area contributed by atoms with E-state index in [1.54, 1.807) is 12.1 Å². The molecule has 1 unspecified atom stereocenters. The molecular weight excluding hydrogens is 399 g/mol. The lowest BCUT2D eigenvalue weighted by Crippen LogP contribution is -2.26. The van der Waals surface area contributed by atoms with Crippen LogP contribution in [0.4, 0.5) is 13.2 Å². The van der Waals surface area contributed by atoms with Crippen LogP contribution >= 0.6 is 0 Å². The largest absolute Gasteiger partial charge is 0.493 e. The van der Waals surface area contributed by atoms with Crippen LogP contribution in [0, 0.1) is 5.92 Å². The highest BCUT2D eigenvalue weighted by Crippen LogP contribution is 2.35. The highest BCUT2D eigenvalue weighted by molar-refractivity contribution is 5.45. The summed E-state index contributed by atoms with van der Waals surface area (Å²) >= 11 is 0. The van der Waals surface area contributed by atoms with Crippen LogP contribution in [0.2, 0.25) is 0 Å². The van der Waals surface area contributed by atoms with Crippen molar-refractivity contribution < 1.29 is 32.1 Å². The minimum Gasteiger partial charge on any atom is -0.493 e. The fourth-order valence-electron chi connectivity index (χ4n) is 3.32. The van der Waals surface area contributed by atoms with Crippen LogP contribution < -0.4 is 24.3 Å². The van der Waals surface area contributed by atoms with Crippen LogP contribution in [0.1, 0.15) is 31.0 Å². The van der Waals surface area contributed by atoms with Crippen molar-refractivity contribution in [1.82, 2.24) is 5.32 Å². The Morgan fingerprint density at radius 3 is 2.40 bits per heavy atom. The smallest absolute Gasteiger partial charge is 0.422 e. The molecule has 2 aromatic rings. The fourth-order valence-corrected chi connectivity index (χ4v) is 3.32. The van der Waals surface area contributed by atoms with Gasteiger partial charge in [0.25, 0.3) is 0 Å². The van der Waals surface area contributed by atoms with Crippen LogP contribution in [-0.2, 0) is 6.54 Å². The first-order valence-electron chi connectivity index (χ1n) is 9.76. The highest BCUT2D eigenvalue weighted by Gasteiger charge is 2.29. The highest BCUT2D eigenvalue weighted by atomic mass is 19.4. The maximum Gasteiger partial charge on any atom is 0.422 e. The maximum absolute atomic E-state index is 12.4.